The zero-order valence-corrected chi connectivity index (χ0v) is 14.2. The SMILES string of the molecule is COc1cc(C(=O)NCCC2CCCCC2)c([N+](=O)[O-])cc1OC. The van der Waals surface area contributed by atoms with Gasteiger partial charge in [-0.05, 0) is 12.3 Å². The first-order valence-corrected chi connectivity index (χ1v) is 8.25. The smallest absolute Gasteiger partial charge is 0.286 e. The standard InChI is InChI=1S/C17H24N2O5/c1-23-15-10-13(14(19(21)22)11-16(15)24-2)17(20)18-9-8-12-6-4-3-5-7-12/h10-12H,3-9H2,1-2H3,(H,18,20). The van der Waals surface area contributed by atoms with Crippen LogP contribution in [-0.4, -0.2) is 31.6 Å². The van der Waals surface area contributed by atoms with Crippen LogP contribution in [0.3, 0.4) is 0 Å². The van der Waals surface area contributed by atoms with Gasteiger partial charge in [-0.2, -0.15) is 0 Å². The molecule has 24 heavy (non-hydrogen) atoms. The molecule has 1 aliphatic carbocycles. The Hall–Kier alpha value is -2.31. The number of hydrogen-bond donors (Lipinski definition) is 1. The van der Waals surface area contributed by atoms with Gasteiger partial charge in [0.05, 0.1) is 25.2 Å². The number of carbonyl (C=O) groups excluding carboxylic acids is 1. The van der Waals surface area contributed by atoms with E-state index in [1.54, 1.807) is 0 Å². The number of nitrogens with zero attached hydrogens (tertiary/aromatic N) is 1. The van der Waals surface area contributed by atoms with Crippen molar-refractivity contribution in [2.45, 2.75) is 38.5 Å². The fourth-order valence-corrected chi connectivity index (χ4v) is 3.16. The number of nitro benzene ring substituents is 1. The number of methoxy groups -OCH3 is 2. The highest BCUT2D eigenvalue weighted by Crippen LogP contribution is 2.34. The fraction of sp³-hybridized carbons (Fsp3) is 0.588. The van der Waals surface area contributed by atoms with Crippen molar-refractivity contribution in [2.75, 3.05) is 20.8 Å². The number of amides is 1. The molecule has 1 saturated carbocycles. The van der Waals surface area contributed by atoms with E-state index >= 15 is 0 Å². The maximum absolute atomic E-state index is 12.4. The summed E-state index contributed by atoms with van der Waals surface area (Å²) in [7, 11) is 2.82. The molecular formula is C17H24N2O5. The Morgan fingerprint density at radius 2 is 1.83 bits per heavy atom. The molecule has 7 nitrogen and oxygen atoms in total. The molecule has 1 N–H and O–H groups in total. The zero-order chi connectivity index (χ0) is 17.5. The summed E-state index contributed by atoms with van der Waals surface area (Å²) in [6, 6.07) is 2.57. The first-order chi connectivity index (χ1) is 11.6. The van der Waals surface area contributed by atoms with Crippen molar-refractivity contribution in [3.63, 3.8) is 0 Å². The number of carbonyl (C=O) groups is 1. The maximum Gasteiger partial charge on any atom is 0.286 e. The number of ether oxygens (including phenoxy) is 2. The Bertz CT molecular complexity index is 597. The topological polar surface area (TPSA) is 90.7 Å². The Morgan fingerprint density at radius 3 is 2.42 bits per heavy atom. The molecule has 0 aromatic heterocycles. The number of nitro groups is 1. The summed E-state index contributed by atoms with van der Waals surface area (Å²) in [6.07, 6.45) is 7.10. The van der Waals surface area contributed by atoms with E-state index in [-0.39, 0.29) is 17.0 Å². The molecule has 1 fully saturated rings. The molecule has 132 valence electrons. The molecule has 0 bridgehead atoms. The summed E-state index contributed by atoms with van der Waals surface area (Å²) in [5.41, 5.74) is -0.302. The quantitative estimate of drug-likeness (QED) is 0.609. The van der Waals surface area contributed by atoms with Crippen LogP contribution in [0.4, 0.5) is 5.69 Å². The molecule has 0 heterocycles. The lowest BCUT2D eigenvalue weighted by Crippen LogP contribution is -2.27. The van der Waals surface area contributed by atoms with Gasteiger partial charge >= 0.3 is 0 Å². The minimum absolute atomic E-state index is 0.0127. The van der Waals surface area contributed by atoms with Gasteiger partial charge in [-0.15, -0.1) is 0 Å². The largest absolute Gasteiger partial charge is 0.493 e. The molecule has 7 heteroatoms. The lowest BCUT2D eigenvalue weighted by Gasteiger charge is -2.21. The Labute approximate surface area is 141 Å². The Morgan fingerprint density at radius 1 is 1.21 bits per heavy atom. The van der Waals surface area contributed by atoms with Crippen molar-refractivity contribution in [1.29, 1.82) is 0 Å². The van der Waals surface area contributed by atoms with Gasteiger partial charge in [0.25, 0.3) is 11.6 Å². The third-order valence-electron chi connectivity index (χ3n) is 4.51. The Kier molecular flexibility index (Phi) is 6.40. The van der Waals surface area contributed by atoms with Gasteiger partial charge in [0, 0.05) is 12.6 Å². The molecule has 0 unspecified atom stereocenters. The van der Waals surface area contributed by atoms with E-state index < -0.39 is 10.8 Å². The van der Waals surface area contributed by atoms with Crippen LogP contribution in [0.1, 0.15) is 48.9 Å². The van der Waals surface area contributed by atoms with Crippen molar-refractivity contribution in [3.05, 3.63) is 27.8 Å². The van der Waals surface area contributed by atoms with E-state index in [0.29, 0.717) is 18.2 Å². The van der Waals surface area contributed by atoms with E-state index in [1.165, 1.54) is 58.5 Å². The Balaban J connectivity index is 2.07. The van der Waals surface area contributed by atoms with Crippen LogP contribution in [0.25, 0.3) is 0 Å². The van der Waals surface area contributed by atoms with Crippen LogP contribution in [0, 0.1) is 16.0 Å². The summed E-state index contributed by atoms with van der Waals surface area (Å²) in [4.78, 5) is 23.0. The third-order valence-corrected chi connectivity index (χ3v) is 4.51. The summed E-state index contributed by atoms with van der Waals surface area (Å²) < 4.78 is 10.2. The van der Waals surface area contributed by atoms with Crippen LogP contribution < -0.4 is 14.8 Å². The summed E-state index contributed by atoms with van der Waals surface area (Å²) in [6.45, 7) is 0.523. The molecule has 0 atom stereocenters. The third kappa shape index (κ3) is 4.37. The van der Waals surface area contributed by atoms with Gasteiger partial charge in [-0.3, -0.25) is 14.9 Å². The lowest BCUT2D eigenvalue weighted by molar-refractivity contribution is -0.385. The summed E-state index contributed by atoms with van der Waals surface area (Å²) >= 11 is 0. The lowest BCUT2D eigenvalue weighted by atomic mass is 9.87. The molecular weight excluding hydrogens is 312 g/mol. The van der Waals surface area contributed by atoms with Crippen molar-refractivity contribution in [2.24, 2.45) is 5.92 Å². The molecule has 1 amide bonds. The van der Waals surface area contributed by atoms with Gasteiger partial charge in [0.2, 0.25) is 0 Å². The minimum atomic E-state index is -0.585. The molecule has 1 aromatic rings. The molecule has 0 saturated heterocycles. The van der Waals surface area contributed by atoms with Gasteiger partial charge in [0.15, 0.2) is 11.5 Å². The number of benzene rings is 1. The molecule has 0 spiro atoms. The first-order valence-electron chi connectivity index (χ1n) is 8.25. The summed E-state index contributed by atoms with van der Waals surface area (Å²) in [5, 5.41) is 14.0. The molecule has 0 aliphatic heterocycles. The first kappa shape index (κ1) is 18.0. The molecule has 1 aromatic carbocycles. The second-order valence-corrected chi connectivity index (χ2v) is 6.03. The van der Waals surface area contributed by atoms with Crippen molar-refractivity contribution >= 4 is 11.6 Å². The highest BCUT2D eigenvalue weighted by atomic mass is 16.6. The zero-order valence-electron chi connectivity index (χ0n) is 14.2. The average Bonchev–Trinajstić information content (AvgIpc) is 2.61. The molecule has 0 radical (unpaired) electrons. The molecule has 2 rings (SSSR count). The monoisotopic (exact) mass is 336 g/mol. The highest BCUT2D eigenvalue weighted by molar-refractivity contribution is 5.99. The van der Waals surface area contributed by atoms with E-state index in [9.17, 15) is 14.9 Å². The van der Waals surface area contributed by atoms with Gasteiger partial charge in [0.1, 0.15) is 5.56 Å². The average molecular weight is 336 g/mol. The number of nitrogens with one attached hydrogen (secondary N) is 1. The maximum atomic E-state index is 12.4. The van der Waals surface area contributed by atoms with E-state index in [4.69, 9.17) is 9.47 Å². The van der Waals surface area contributed by atoms with Crippen molar-refractivity contribution < 1.29 is 19.2 Å². The predicted octanol–water partition coefficient (Wildman–Crippen LogP) is 3.31. The molecule has 1 aliphatic rings. The number of rotatable bonds is 7. The van der Waals surface area contributed by atoms with E-state index in [2.05, 4.69) is 5.32 Å². The van der Waals surface area contributed by atoms with Crippen molar-refractivity contribution in [1.82, 2.24) is 5.32 Å². The van der Waals surface area contributed by atoms with E-state index in [1.807, 2.05) is 0 Å². The fourth-order valence-electron chi connectivity index (χ4n) is 3.16. The number of hydrogen-bond acceptors (Lipinski definition) is 5. The van der Waals surface area contributed by atoms with Crippen LogP contribution in [0.15, 0.2) is 12.1 Å². The van der Waals surface area contributed by atoms with Crippen LogP contribution >= 0.6 is 0 Å². The second kappa shape index (κ2) is 8.52. The van der Waals surface area contributed by atoms with Gasteiger partial charge in [-0.25, -0.2) is 0 Å². The van der Waals surface area contributed by atoms with E-state index in [0.717, 1.165) is 6.42 Å². The van der Waals surface area contributed by atoms with Crippen molar-refractivity contribution in [3.8, 4) is 11.5 Å². The van der Waals surface area contributed by atoms with Gasteiger partial charge < -0.3 is 14.8 Å². The van der Waals surface area contributed by atoms with Crippen LogP contribution in [-0.2, 0) is 0 Å². The minimum Gasteiger partial charge on any atom is -0.493 e. The summed E-state index contributed by atoms with van der Waals surface area (Å²) in [5.74, 6) is 0.696. The highest BCUT2D eigenvalue weighted by Gasteiger charge is 2.24. The normalized spacial score (nSPS) is 14.9. The van der Waals surface area contributed by atoms with Crippen LogP contribution in [0.5, 0.6) is 11.5 Å². The predicted molar refractivity (Wildman–Crippen MR) is 89.7 cm³/mol. The van der Waals surface area contributed by atoms with Crippen LogP contribution in [0.2, 0.25) is 0 Å². The second-order valence-electron chi connectivity index (χ2n) is 6.03. The van der Waals surface area contributed by atoms with Gasteiger partial charge in [-0.1, -0.05) is 32.1 Å².